The van der Waals surface area contributed by atoms with Crippen LogP contribution in [0.25, 0.3) is 0 Å². The van der Waals surface area contributed by atoms with Crippen LogP contribution in [-0.2, 0) is 38.1 Å². The van der Waals surface area contributed by atoms with Crippen molar-refractivity contribution >= 4 is 35.6 Å². The molecule has 0 heterocycles. The summed E-state index contributed by atoms with van der Waals surface area (Å²) >= 11 is 1.91. The van der Waals surface area contributed by atoms with Gasteiger partial charge in [0.25, 0.3) is 0 Å². The van der Waals surface area contributed by atoms with Crippen molar-refractivity contribution in [3.05, 3.63) is 0 Å². The number of amides is 1. The van der Waals surface area contributed by atoms with Gasteiger partial charge in [0.15, 0.2) is 0 Å². The Hall–Kier alpha value is -1.81. The number of hydrogen-bond acceptors (Lipinski definition) is 9. The van der Waals surface area contributed by atoms with Crippen molar-refractivity contribution < 1.29 is 38.1 Å². The molecule has 0 aromatic carbocycles. The molecule has 9 nitrogen and oxygen atoms in total. The largest absolute Gasteiger partial charge is 0.469 e. The first-order valence-corrected chi connectivity index (χ1v) is 20.3. The minimum absolute atomic E-state index is 0.0310. The fourth-order valence-electron chi connectivity index (χ4n) is 5.70. The molecule has 0 aromatic heterocycles. The molecule has 1 atom stereocenters. The third-order valence-electron chi connectivity index (χ3n) is 8.61. The summed E-state index contributed by atoms with van der Waals surface area (Å²) in [5.41, 5.74) is 0. The van der Waals surface area contributed by atoms with Crippen LogP contribution in [0.4, 0.5) is 0 Å². The molecular formula is C38H71NO8S. The van der Waals surface area contributed by atoms with E-state index in [2.05, 4.69) is 5.32 Å². The maximum absolute atomic E-state index is 12.2. The van der Waals surface area contributed by atoms with Gasteiger partial charge in [0.05, 0.1) is 27.4 Å². The maximum atomic E-state index is 12.2. The van der Waals surface area contributed by atoms with Crippen LogP contribution >= 0.6 is 11.8 Å². The first-order chi connectivity index (χ1) is 23.4. The fourth-order valence-corrected chi connectivity index (χ4v) is 6.86. The third-order valence-corrected chi connectivity index (χ3v) is 9.81. The Morgan fingerprint density at radius 3 is 1.46 bits per heavy atom. The van der Waals surface area contributed by atoms with E-state index in [9.17, 15) is 19.2 Å². The molecule has 0 aliphatic heterocycles. The van der Waals surface area contributed by atoms with E-state index in [-0.39, 0.29) is 30.4 Å². The lowest BCUT2D eigenvalue weighted by Crippen LogP contribution is -2.28. The van der Waals surface area contributed by atoms with Gasteiger partial charge in [0.2, 0.25) is 5.91 Å². The molecule has 0 fully saturated rings. The molecule has 0 saturated heterocycles. The summed E-state index contributed by atoms with van der Waals surface area (Å²) in [6, 6.07) is 0. The quantitative estimate of drug-likeness (QED) is 0.0389. The van der Waals surface area contributed by atoms with E-state index in [1.165, 1.54) is 123 Å². The predicted molar refractivity (Wildman–Crippen MR) is 196 cm³/mol. The van der Waals surface area contributed by atoms with Crippen molar-refractivity contribution in [3.8, 4) is 0 Å². The lowest BCUT2D eigenvalue weighted by atomic mass is 9.95. The Kier molecular flexibility index (Phi) is 35.1. The van der Waals surface area contributed by atoms with Crippen molar-refractivity contribution in [1.82, 2.24) is 5.32 Å². The smallest absolute Gasteiger partial charge is 0.332 e. The van der Waals surface area contributed by atoms with E-state index in [4.69, 9.17) is 18.9 Å². The van der Waals surface area contributed by atoms with E-state index in [1.54, 1.807) is 6.92 Å². The van der Waals surface area contributed by atoms with Gasteiger partial charge < -0.3 is 24.3 Å². The second-order valence-corrected chi connectivity index (χ2v) is 14.0. The molecule has 10 heteroatoms. The molecule has 1 unspecified atom stereocenters. The molecule has 1 N–H and O–H groups in total. The summed E-state index contributed by atoms with van der Waals surface area (Å²) in [6.45, 7) is 2.71. The number of carbonyl (C=O) groups excluding carboxylic acids is 4. The second kappa shape index (κ2) is 36.5. The van der Waals surface area contributed by atoms with Gasteiger partial charge in [-0.15, -0.1) is 0 Å². The summed E-state index contributed by atoms with van der Waals surface area (Å²) < 4.78 is 19.5. The zero-order chi connectivity index (χ0) is 35.3. The SMILES string of the molecule is CCOC(=O)COCCNC(=O)CCSCC(CCCCCCCCCCCCC(=O)OC)CCCCCCCCCCCC(=O)OC. The zero-order valence-corrected chi connectivity index (χ0v) is 31.8. The van der Waals surface area contributed by atoms with Gasteiger partial charge in [0.1, 0.15) is 6.61 Å². The summed E-state index contributed by atoms with van der Waals surface area (Å²) in [4.78, 5) is 45.9. The summed E-state index contributed by atoms with van der Waals surface area (Å²) in [6.07, 6.45) is 27.5. The van der Waals surface area contributed by atoms with Crippen molar-refractivity contribution in [2.45, 2.75) is 161 Å². The fraction of sp³-hybridized carbons (Fsp3) is 0.895. The monoisotopic (exact) mass is 701 g/mol. The highest BCUT2D eigenvalue weighted by atomic mass is 32.2. The summed E-state index contributed by atoms with van der Waals surface area (Å²) in [5, 5.41) is 2.87. The molecule has 282 valence electrons. The molecule has 0 aliphatic rings. The minimum Gasteiger partial charge on any atom is -0.469 e. The summed E-state index contributed by atoms with van der Waals surface area (Å²) in [7, 11) is 2.91. The van der Waals surface area contributed by atoms with E-state index in [0.717, 1.165) is 37.2 Å². The van der Waals surface area contributed by atoms with Crippen LogP contribution in [0.2, 0.25) is 0 Å². The van der Waals surface area contributed by atoms with Gasteiger partial charge in [-0.05, 0) is 44.3 Å². The number of rotatable bonds is 36. The summed E-state index contributed by atoms with van der Waals surface area (Å²) in [5.74, 6) is 2.12. The van der Waals surface area contributed by atoms with E-state index >= 15 is 0 Å². The van der Waals surface area contributed by atoms with E-state index in [1.807, 2.05) is 11.8 Å². The Bertz CT molecular complexity index is 782. The van der Waals surface area contributed by atoms with Crippen LogP contribution < -0.4 is 5.32 Å². The van der Waals surface area contributed by atoms with Gasteiger partial charge in [-0.2, -0.15) is 11.8 Å². The Morgan fingerprint density at radius 2 is 1.02 bits per heavy atom. The predicted octanol–water partition coefficient (Wildman–Crippen LogP) is 8.74. The molecule has 0 spiro atoms. The molecule has 48 heavy (non-hydrogen) atoms. The topological polar surface area (TPSA) is 117 Å². The van der Waals surface area contributed by atoms with Gasteiger partial charge in [-0.1, -0.05) is 109 Å². The second-order valence-electron chi connectivity index (χ2n) is 12.8. The molecule has 0 aromatic rings. The van der Waals surface area contributed by atoms with Crippen LogP contribution in [0.1, 0.15) is 161 Å². The highest BCUT2D eigenvalue weighted by molar-refractivity contribution is 7.99. The van der Waals surface area contributed by atoms with Gasteiger partial charge in [0, 0.05) is 31.6 Å². The lowest BCUT2D eigenvalue weighted by molar-refractivity contribution is -0.148. The Morgan fingerprint density at radius 1 is 0.583 bits per heavy atom. The van der Waals surface area contributed by atoms with Crippen LogP contribution in [0.3, 0.4) is 0 Å². The normalized spacial score (nSPS) is 11.6. The number of carbonyl (C=O) groups is 4. The molecule has 0 rings (SSSR count). The van der Waals surface area contributed by atoms with Crippen LogP contribution in [-0.4, -0.2) is 75.9 Å². The number of esters is 3. The number of thioether (sulfide) groups is 1. The minimum atomic E-state index is -0.382. The third kappa shape index (κ3) is 34.1. The van der Waals surface area contributed by atoms with Gasteiger partial charge >= 0.3 is 17.9 Å². The standard InChI is InChI=1S/C38H71NO8S/c1-4-47-38(43)32-46-30-29-39-35(40)28-31-48-33-34(25-21-17-13-9-7-11-15-19-23-27-37(42)45-3)24-20-16-12-8-5-6-10-14-18-22-26-36(41)44-2/h34H,4-33H2,1-3H3,(H,39,40). The van der Waals surface area contributed by atoms with Crippen molar-refractivity contribution in [1.29, 1.82) is 0 Å². The molecule has 0 bridgehead atoms. The first-order valence-electron chi connectivity index (χ1n) is 19.1. The lowest BCUT2D eigenvalue weighted by Gasteiger charge is -2.17. The number of unbranched alkanes of at least 4 members (excludes halogenated alkanes) is 17. The van der Waals surface area contributed by atoms with Gasteiger partial charge in [-0.3, -0.25) is 14.4 Å². The van der Waals surface area contributed by atoms with Crippen LogP contribution in [0, 0.1) is 5.92 Å². The highest BCUT2D eigenvalue weighted by Crippen LogP contribution is 2.24. The number of methoxy groups -OCH3 is 2. The van der Waals surface area contributed by atoms with Crippen molar-refractivity contribution in [2.75, 3.05) is 52.1 Å². The zero-order valence-electron chi connectivity index (χ0n) is 31.0. The average Bonchev–Trinajstić information content (AvgIpc) is 3.08. The van der Waals surface area contributed by atoms with Crippen LogP contribution in [0.5, 0.6) is 0 Å². The average molecular weight is 702 g/mol. The maximum Gasteiger partial charge on any atom is 0.332 e. The molecule has 0 aliphatic carbocycles. The molecule has 0 radical (unpaired) electrons. The van der Waals surface area contributed by atoms with Crippen LogP contribution in [0.15, 0.2) is 0 Å². The van der Waals surface area contributed by atoms with Gasteiger partial charge in [-0.25, -0.2) is 4.79 Å². The number of hydrogen-bond donors (Lipinski definition) is 1. The molecule has 1 amide bonds. The number of nitrogens with one attached hydrogen (secondary N) is 1. The van der Waals surface area contributed by atoms with E-state index in [0.29, 0.717) is 44.9 Å². The van der Waals surface area contributed by atoms with Crippen molar-refractivity contribution in [3.63, 3.8) is 0 Å². The number of ether oxygens (including phenoxy) is 4. The highest BCUT2D eigenvalue weighted by Gasteiger charge is 2.11. The van der Waals surface area contributed by atoms with Crippen molar-refractivity contribution in [2.24, 2.45) is 5.92 Å². The first kappa shape index (κ1) is 46.2. The Balaban J connectivity index is 4.12. The molecular weight excluding hydrogens is 630 g/mol. The molecule has 0 saturated carbocycles. The van der Waals surface area contributed by atoms with E-state index < -0.39 is 0 Å². The Labute approximate surface area is 297 Å².